The molecular weight excluding hydrogens is 377 g/mol. The van der Waals surface area contributed by atoms with Crippen molar-refractivity contribution < 1.29 is 4.74 Å². The normalized spacial score (nSPS) is 28.1. The summed E-state index contributed by atoms with van der Waals surface area (Å²) in [6.07, 6.45) is 5.31. The van der Waals surface area contributed by atoms with E-state index < -0.39 is 0 Å². The van der Waals surface area contributed by atoms with Gasteiger partial charge in [-0.25, -0.2) is 0 Å². The molecule has 1 heterocycles. The average molecular weight is 409 g/mol. The van der Waals surface area contributed by atoms with Crippen LogP contribution in [0.25, 0.3) is 0 Å². The van der Waals surface area contributed by atoms with Crippen LogP contribution in [0.2, 0.25) is 0 Å². The molecule has 0 aromatic carbocycles. The van der Waals surface area contributed by atoms with Crippen molar-refractivity contribution in [3.63, 3.8) is 0 Å². The summed E-state index contributed by atoms with van der Waals surface area (Å²) in [5.74, 6) is 2.32. The van der Waals surface area contributed by atoms with Gasteiger partial charge in [-0.2, -0.15) is 0 Å². The van der Waals surface area contributed by atoms with Gasteiger partial charge in [0.2, 0.25) is 0 Å². The van der Waals surface area contributed by atoms with Crippen molar-refractivity contribution in [3.05, 3.63) is 0 Å². The van der Waals surface area contributed by atoms with Crippen LogP contribution in [0, 0.1) is 17.3 Å². The van der Waals surface area contributed by atoms with E-state index in [0.717, 1.165) is 44.7 Å². The second-order valence-electron chi connectivity index (χ2n) is 7.38. The fraction of sp³-hybridized carbons (Fsp3) is 0.938. The minimum absolute atomic E-state index is 0. The Morgan fingerprint density at radius 2 is 1.71 bits per heavy atom. The maximum absolute atomic E-state index is 6.08. The number of nitrogens with two attached hydrogens (primary N) is 1. The van der Waals surface area contributed by atoms with E-state index in [2.05, 4.69) is 30.7 Å². The van der Waals surface area contributed by atoms with Crippen LogP contribution in [-0.2, 0) is 4.74 Å². The van der Waals surface area contributed by atoms with Gasteiger partial charge in [0.05, 0.1) is 13.2 Å². The van der Waals surface area contributed by atoms with Gasteiger partial charge in [-0.3, -0.25) is 4.99 Å². The largest absolute Gasteiger partial charge is 0.378 e. The first-order valence-corrected chi connectivity index (χ1v) is 8.09. The first-order chi connectivity index (χ1) is 9.47. The Morgan fingerprint density at radius 3 is 2.24 bits per heavy atom. The summed E-state index contributed by atoms with van der Waals surface area (Å²) in [6.45, 7) is 11.3. The van der Waals surface area contributed by atoms with Gasteiger partial charge in [0.1, 0.15) is 0 Å². The molecule has 0 bridgehead atoms. The van der Waals surface area contributed by atoms with Crippen LogP contribution >= 0.6 is 24.0 Å². The Labute approximate surface area is 146 Å². The minimum Gasteiger partial charge on any atom is -0.378 e. The van der Waals surface area contributed by atoms with Gasteiger partial charge in [0.25, 0.3) is 0 Å². The van der Waals surface area contributed by atoms with Crippen molar-refractivity contribution in [2.75, 3.05) is 32.8 Å². The lowest BCUT2D eigenvalue weighted by atomic mass is 9.70. The molecule has 0 spiro atoms. The van der Waals surface area contributed by atoms with E-state index in [0.29, 0.717) is 11.4 Å². The molecular formula is C16H32IN3O. The van der Waals surface area contributed by atoms with Crippen LogP contribution < -0.4 is 5.73 Å². The Hall–Kier alpha value is -0.0400. The van der Waals surface area contributed by atoms with Crippen LogP contribution in [0.3, 0.4) is 0 Å². The lowest BCUT2D eigenvalue weighted by molar-refractivity contribution is 0.0673. The number of nitrogens with zero attached hydrogens (tertiary/aromatic N) is 2. The van der Waals surface area contributed by atoms with E-state index in [1.807, 2.05) is 0 Å². The van der Waals surface area contributed by atoms with Crippen LogP contribution in [0.5, 0.6) is 0 Å². The number of morpholine rings is 1. The Kier molecular flexibility index (Phi) is 7.74. The summed E-state index contributed by atoms with van der Waals surface area (Å²) in [5.41, 5.74) is 6.54. The molecule has 1 saturated carbocycles. The molecule has 5 heteroatoms. The molecule has 0 amide bonds. The van der Waals surface area contributed by atoms with Crippen LogP contribution in [-0.4, -0.2) is 43.7 Å². The molecule has 1 saturated heterocycles. The Bertz CT molecular complexity index is 327. The molecule has 2 rings (SSSR count). The molecule has 0 unspecified atom stereocenters. The summed E-state index contributed by atoms with van der Waals surface area (Å²) in [4.78, 5) is 6.77. The van der Waals surface area contributed by atoms with Gasteiger partial charge in [-0.05, 0) is 42.9 Å². The maximum Gasteiger partial charge on any atom is 0.191 e. The lowest BCUT2D eigenvalue weighted by Gasteiger charge is -2.36. The Morgan fingerprint density at radius 1 is 1.14 bits per heavy atom. The van der Waals surface area contributed by atoms with Crippen molar-refractivity contribution in [1.82, 2.24) is 4.90 Å². The monoisotopic (exact) mass is 409 g/mol. The third kappa shape index (κ3) is 5.93. The third-order valence-corrected chi connectivity index (χ3v) is 4.92. The second kappa shape index (κ2) is 8.56. The summed E-state index contributed by atoms with van der Waals surface area (Å²) in [7, 11) is 0. The number of aliphatic imine (C=N–C) groups is 1. The fourth-order valence-corrected chi connectivity index (χ4v) is 3.33. The zero-order valence-electron chi connectivity index (χ0n) is 13.8. The molecule has 1 aliphatic heterocycles. The fourth-order valence-electron chi connectivity index (χ4n) is 3.33. The van der Waals surface area contributed by atoms with Gasteiger partial charge < -0.3 is 15.4 Å². The summed E-state index contributed by atoms with van der Waals surface area (Å²) in [5, 5.41) is 0. The summed E-state index contributed by atoms with van der Waals surface area (Å²) < 4.78 is 5.34. The highest BCUT2D eigenvalue weighted by Crippen LogP contribution is 2.39. The van der Waals surface area contributed by atoms with E-state index in [1.165, 1.54) is 25.7 Å². The van der Waals surface area contributed by atoms with E-state index in [9.17, 15) is 0 Å². The van der Waals surface area contributed by atoms with Crippen molar-refractivity contribution in [3.8, 4) is 0 Å². The van der Waals surface area contributed by atoms with Gasteiger partial charge in [0.15, 0.2) is 5.96 Å². The first kappa shape index (κ1) is 19.0. The number of guanidine groups is 1. The summed E-state index contributed by atoms with van der Waals surface area (Å²) in [6, 6.07) is 0. The van der Waals surface area contributed by atoms with Crippen molar-refractivity contribution in [1.29, 1.82) is 0 Å². The van der Waals surface area contributed by atoms with Crippen molar-refractivity contribution in [2.24, 2.45) is 28.0 Å². The molecule has 0 radical (unpaired) electrons. The highest BCUT2D eigenvalue weighted by Gasteiger charge is 2.29. The Balaban J connectivity index is 0.00000220. The van der Waals surface area contributed by atoms with E-state index >= 15 is 0 Å². The number of hydrogen-bond donors (Lipinski definition) is 1. The maximum atomic E-state index is 6.08. The van der Waals surface area contributed by atoms with Gasteiger partial charge in [-0.15, -0.1) is 24.0 Å². The van der Waals surface area contributed by atoms with Crippen molar-refractivity contribution in [2.45, 2.75) is 46.5 Å². The third-order valence-electron chi connectivity index (χ3n) is 4.92. The van der Waals surface area contributed by atoms with Gasteiger partial charge >= 0.3 is 0 Å². The molecule has 0 aromatic rings. The lowest BCUT2D eigenvalue weighted by Crippen LogP contribution is -2.45. The SMILES string of the molecule is CC(C)(C)C1CCC(CN=C(N)N2CCOCC2)CC1.I. The highest BCUT2D eigenvalue weighted by molar-refractivity contribution is 14.0. The number of rotatable bonds is 2. The topological polar surface area (TPSA) is 50.8 Å². The molecule has 21 heavy (non-hydrogen) atoms. The molecule has 0 aromatic heterocycles. The smallest absolute Gasteiger partial charge is 0.191 e. The molecule has 0 atom stereocenters. The van der Waals surface area contributed by atoms with E-state index in [4.69, 9.17) is 10.5 Å². The molecule has 2 fully saturated rings. The quantitative estimate of drug-likeness (QED) is 0.433. The minimum atomic E-state index is 0. The zero-order valence-corrected chi connectivity index (χ0v) is 16.1. The summed E-state index contributed by atoms with van der Waals surface area (Å²) >= 11 is 0. The highest BCUT2D eigenvalue weighted by atomic mass is 127. The second-order valence-corrected chi connectivity index (χ2v) is 7.38. The molecule has 2 N–H and O–H groups in total. The predicted molar refractivity (Wildman–Crippen MR) is 99.2 cm³/mol. The van der Waals surface area contributed by atoms with E-state index in [1.54, 1.807) is 0 Å². The van der Waals surface area contributed by atoms with Gasteiger partial charge in [0, 0.05) is 19.6 Å². The van der Waals surface area contributed by atoms with Crippen LogP contribution in [0.15, 0.2) is 4.99 Å². The van der Waals surface area contributed by atoms with Gasteiger partial charge in [-0.1, -0.05) is 20.8 Å². The molecule has 1 aliphatic carbocycles. The number of ether oxygens (including phenoxy) is 1. The number of hydrogen-bond acceptors (Lipinski definition) is 2. The number of halogens is 1. The van der Waals surface area contributed by atoms with Crippen LogP contribution in [0.1, 0.15) is 46.5 Å². The zero-order chi connectivity index (χ0) is 14.6. The standard InChI is InChI=1S/C16H31N3O.HI/c1-16(2,3)14-6-4-13(5-7-14)12-18-15(17)19-8-10-20-11-9-19;/h13-14H,4-12H2,1-3H3,(H2,17,18);1H. The predicted octanol–water partition coefficient (Wildman–Crippen LogP) is 3.10. The molecule has 124 valence electrons. The molecule has 4 nitrogen and oxygen atoms in total. The van der Waals surface area contributed by atoms with Crippen LogP contribution in [0.4, 0.5) is 0 Å². The molecule has 2 aliphatic rings. The van der Waals surface area contributed by atoms with Crippen molar-refractivity contribution >= 4 is 29.9 Å². The van der Waals surface area contributed by atoms with E-state index in [-0.39, 0.29) is 24.0 Å². The average Bonchev–Trinajstić information content (AvgIpc) is 2.45. The first-order valence-electron chi connectivity index (χ1n) is 8.09.